The van der Waals surface area contributed by atoms with Crippen molar-refractivity contribution in [1.29, 1.82) is 0 Å². The summed E-state index contributed by atoms with van der Waals surface area (Å²) in [6.45, 7) is 7.34. The van der Waals surface area contributed by atoms with Crippen molar-refractivity contribution in [3.8, 4) is 0 Å². The molecule has 0 spiro atoms. The Balaban J connectivity index is 2.21. The molecular formula is C16H25FN2. The maximum Gasteiger partial charge on any atom is 0.146 e. The van der Waals surface area contributed by atoms with Gasteiger partial charge in [0.15, 0.2) is 0 Å². The van der Waals surface area contributed by atoms with Crippen LogP contribution in [0.2, 0.25) is 0 Å². The van der Waals surface area contributed by atoms with E-state index in [1.807, 2.05) is 19.1 Å². The van der Waals surface area contributed by atoms with Crippen LogP contribution in [0.25, 0.3) is 0 Å². The van der Waals surface area contributed by atoms with Crippen LogP contribution in [0.1, 0.15) is 39.2 Å². The zero-order valence-electron chi connectivity index (χ0n) is 12.2. The smallest absolute Gasteiger partial charge is 0.146 e. The van der Waals surface area contributed by atoms with Gasteiger partial charge in [-0.2, -0.15) is 0 Å². The standard InChI is InChI=1S/C16H25FN2/c1-11(2)15-5-4-8-19(15)16-7-6-13(9-12(3)18)10-14(16)17/h6-7,10-12,15H,4-5,8-9,18H2,1-3H3. The Labute approximate surface area is 115 Å². The molecular weight excluding hydrogens is 239 g/mol. The van der Waals surface area contributed by atoms with E-state index in [0.717, 1.165) is 30.6 Å². The van der Waals surface area contributed by atoms with Crippen molar-refractivity contribution in [3.63, 3.8) is 0 Å². The van der Waals surface area contributed by atoms with Crippen molar-refractivity contribution in [2.75, 3.05) is 11.4 Å². The van der Waals surface area contributed by atoms with Gasteiger partial charge < -0.3 is 10.6 Å². The summed E-state index contributed by atoms with van der Waals surface area (Å²) in [5, 5.41) is 0. The second kappa shape index (κ2) is 5.91. The third kappa shape index (κ3) is 3.27. The Morgan fingerprint density at radius 1 is 1.37 bits per heavy atom. The Hall–Kier alpha value is -1.09. The van der Waals surface area contributed by atoms with E-state index in [0.29, 0.717) is 12.0 Å². The fourth-order valence-corrected chi connectivity index (χ4v) is 3.07. The average Bonchev–Trinajstić information content (AvgIpc) is 2.77. The molecule has 1 aliphatic rings. The monoisotopic (exact) mass is 264 g/mol. The van der Waals surface area contributed by atoms with Crippen LogP contribution in [0.4, 0.5) is 10.1 Å². The zero-order valence-corrected chi connectivity index (χ0v) is 12.2. The van der Waals surface area contributed by atoms with Crippen molar-refractivity contribution >= 4 is 5.69 Å². The molecule has 0 saturated carbocycles. The molecule has 3 heteroatoms. The van der Waals surface area contributed by atoms with Crippen LogP contribution in [0.5, 0.6) is 0 Å². The molecule has 1 aromatic carbocycles. The largest absolute Gasteiger partial charge is 0.366 e. The Bertz CT molecular complexity index is 429. The molecule has 1 saturated heterocycles. The van der Waals surface area contributed by atoms with Crippen LogP contribution in [-0.2, 0) is 6.42 Å². The molecule has 2 rings (SSSR count). The molecule has 19 heavy (non-hydrogen) atoms. The van der Waals surface area contributed by atoms with E-state index in [4.69, 9.17) is 5.73 Å². The third-order valence-electron chi connectivity index (χ3n) is 3.95. The number of nitrogens with two attached hydrogens (primary N) is 1. The van der Waals surface area contributed by atoms with Crippen LogP contribution in [-0.4, -0.2) is 18.6 Å². The van der Waals surface area contributed by atoms with Crippen LogP contribution in [0, 0.1) is 11.7 Å². The number of nitrogens with zero attached hydrogens (tertiary/aromatic N) is 1. The highest BCUT2D eigenvalue weighted by molar-refractivity contribution is 5.51. The van der Waals surface area contributed by atoms with Crippen molar-refractivity contribution in [1.82, 2.24) is 0 Å². The second-order valence-electron chi connectivity index (χ2n) is 6.11. The van der Waals surface area contributed by atoms with Gasteiger partial charge in [0.25, 0.3) is 0 Å². The Kier molecular flexibility index (Phi) is 4.46. The number of benzene rings is 1. The van der Waals surface area contributed by atoms with Gasteiger partial charge in [-0.05, 0) is 49.8 Å². The molecule has 1 fully saturated rings. The Morgan fingerprint density at radius 2 is 2.11 bits per heavy atom. The number of anilines is 1. The summed E-state index contributed by atoms with van der Waals surface area (Å²) in [4.78, 5) is 2.23. The molecule has 0 bridgehead atoms. The molecule has 1 aromatic rings. The van der Waals surface area contributed by atoms with Gasteiger partial charge >= 0.3 is 0 Å². The number of hydrogen-bond donors (Lipinski definition) is 1. The van der Waals surface area contributed by atoms with E-state index >= 15 is 0 Å². The first kappa shape index (κ1) is 14.3. The summed E-state index contributed by atoms with van der Waals surface area (Å²) in [5.74, 6) is 0.455. The molecule has 0 radical (unpaired) electrons. The number of halogens is 1. The normalized spacial score (nSPS) is 21.2. The second-order valence-corrected chi connectivity index (χ2v) is 6.11. The highest BCUT2D eigenvalue weighted by Gasteiger charge is 2.28. The SMILES string of the molecule is CC(N)Cc1ccc(N2CCCC2C(C)C)c(F)c1. The molecule has 0 aliphatic carbocycles. The van der Waals surface area contributed by atoms with E-state index in [1.165, 1.54) is 6.42 Å². The maximum atomic E-state index is 14.3. The summed E-state index contributed by atoms with van der Waals surface area (Å²) in [5.41, 5.74) is 7.50. The average molecular weight is 264 g/mol. The van der Waals surface area contributed by atoms with Crippen LogP contribution in [0.3, 0.4) is 0 Å². The van der Waals surface area contributed by atoms with Crippen LogP contribution in [0.15, 0.2) is 18.2 Å². The van der Waals surface area contributed by atoms with Gasteiger partial charge in [0.2, 0.25) is 0 Å². The van der Waals surface area contributed by atoms with Crippen LogP contribution < -0.4 is 10.6 Å². The molecule has 2 N–H and O–H groups in total. The van der Waals surface area contributed by atoms with Gasteiger partial charge in [0.1, 0.15) is 5.82 Å². The highest BCUT2D eigenvalue weighted by atomic mass is 19.1. The van der Waals surface area contributed by atoms with Crippen molar-refractivity contribution in [2.45, 2.75) is 52.1 Å². The summed E-state index contributed by atoms with van der Waals surface area (Å²) < 4.78 is 14.3. The first-order valence-electron chi connectivity index (χ1n) is 7.29. The van der Waals surface area contributed by atoms with Gasteiger partial charge in [0.05, 0.1) is 5.69 Å². The minimum Gasteiger partial charge on any atom is -0.366 e. The summed E-state index contributed by atoms with van der Waals surface area (Å²) in [7, 11) is 0. The summed E-state index contributed by atoms with van der Waals surface area (Å²) in [6.07, 6.45) is 3.05. The fourth-order valence-electron chi connectivity index (χ4n) is 3.07. The lowest BCUT2D eigenvalue weighted by Crippen LogP contribution is -2.34. The molecule has 1 heterocycles. The predicted molar refractivity (Wildman–Crippen MR) is 79.0 cm³/mol. The van der Waals surface area contributed by atoms with Crippen LogP contribution >= 0.6 is 0 Å². The van der Waals surface area contributed by atoms with Gasteiger partial charge in [-0.25, -0.2) is 4.39 Å². The van der Waals surface area contributed by atoms with E-state index in [1.54, 1.807) is 6.07 Å². The quantitative estimate of drug-likeness (QED) is 0.903. The van der Waals surface area contributed by atoms with Gasteiger partial charge in [-0.15, -0.1) is 0 Å². The lowest BCUT2D eigenvalue weighted by Gasteiger charge is -2.30. The minimum atomic E-state index is -0.106. The first-order chi connectivity index (χ1) is 8.99. The van der Waals surface area contributed by atoms with Gasteiger partial charge in [0, 0.05) is 18.6 Å². The zero-order chi connectivity index (χ0) is 14.0. The third-order valence-corrected chi connectivity index (χ3v) is 3.95. The van der Waals surface area contributed by atoms with E-state index in [-0.39, 0.29) is 11.9 Å². The minimum absolute atomic E-state index is 0.0699. The molecule has 1 aliphatic heterocycles. The molecule has 2 atom stereocenters. The summed E-state index contributed by atoms with van der Waals surface area (Å²) in [6, 6.07) is 6.12. The van der Waals surface area contributed by atoms with E-state index in [9.17, 15) is 4.39 Å². The number of rotatable bonds is 4. The topological polar surface area (TPSA) is 29.3 Å². The maximum absolute atomic E-state index is 14.3. The first-order valence-corrected chi connectivity index (χ1v) is 7.29. The van der Waals surface area contributed by atoms with Gasteiger partial charge in [-0.1, -0.05) is 19.9 Å². The predicted octanol–water partition coefficient (Wildman–Crippen LogP) is 3.34. The molecule has 106 valence electrons. The molecule has 0 amide bonds. The highest BCUT2D eigenvalue weighted by Crippen LogP contribution is 2.31. The van der Waals surface area contributed by atoms with E-state index in [2.05, 4.69) is 18.7 Å². The van der Waals surface area contributed by atoms with Crippen molar-refractivity contribution < 1.29 is 4.39 Å². The molecule has 2 unspecified atom stereocenters. The lowest BCUT2D eigenvalue weighted by molar-refractivity contribution is 0.485. The lowest BCUT2D eigenvalue weighted by atomic mass is 10.0. The van der Waals surface area contributed by atoms with E-state index < -0.39 is 0 Å². The van der Waals surface area contributed by atoms with Crippen molar-refractivity contribution in [2.24, 2.45) is 11.7 Å². The Morgan fingerprint density at radius 3 is 2.68 bits per heavy atom. The van der Waals surface area contributed by atoms with Gasteiger partial charge in [-0.3, -0.25) is 0 Å². The molecule has 2 nitrogen and oxygen atoms in total. The number of hydrogen-bond acceptors (Lipinski definition) is 2. The fraction of sp³-hybridized carbons (Fsp3) is 0.625. The molecule has 0 aromatic heterocycles. The summed E-state index contributed by atoms with van der Waals surface area (Å²) >= 11 is 0. The van der Waals surface area contributed by atoms with Crippen molar-refractivity contribution in [3.05, 3.63) is 29.6 Å².